The van der Waals surface area contributed by atoms with Crippen LogP contribution in [0.2, 0.25) is 5.02 Å². The summed E-state index contributed by atoms with van der Waals surface area (Å²) >= 11 is 5.81. The second kappa shape index (κ2) is 9.25. The molecule has 1 aromatic rings. The van der Waals surface area contributed by atoms with Crippen LogP contribution >= 0.6 is 11.6 Å². The van der Waals surface area contributed by atoms with Gasteiger partial charge in [-0.3, -0.25) is 10.1 Å². The first-order valence-electron chi connectivity index (χ1n) is 7.31. The molecule has 1 rings (SSSR count). The van der Waals surface area contributed by atoms with Crippen molar-refractivity contribution >= 4 is 23.3 Å². The molecule has 0 aliphatic carbocycles. The number of unbranched alkanes of at least 4 members (excludes halogenated alkanes) is 5. The summed E-state index contributed by atoms with van der Waals surface area (Å²) in [5, 5.41) is 19.9. The van der Waals surface area contributed by atoms with E-state index in [1.807, 2.05) is 0 Å². The van der Waals surface area contributed by atoms with Gasteiger partial charge in [0.05, 0.1) is 22.1 Å². The maximum absolute atomic E-state index is 11.0. The van der Waals surface area contributed by atoms with Crippen LogP contribution in [-0.4, -0.2) is 22.6 Å². The molecule has 0 amide bonds. The van der Waals surface area contributed by atoms with Gasteiger partial charge in [-0.25, -0.2) is 4.79 Å². The Balaban J connectivity index is 2.64. The van der Waals surface area contributed by atoms with Gasteiger partial charge in [0.25, 0.3) is 0 Å². The van der Waals surface area contributed by atoms with Gasteiger partial charge in [-0.2, -0.15) is 0 Å². The summed E-state index contributed by atoms with van der Waals surface area (Å²) in [6, 6.07) is 2.13. The molecule has 1 aromatic carbocycles. The Morgan fingerprint density at radius 3 is 2.50 bits per heavy atom. The molecule has 0 atom stereocenters. The largest absolute Gasteiger partial charge is 0.487 e. The first-order valence-corrected chi connectivity index (χ1v) is 7.69. The van der Waals surface area contributed by atoms with Crippen LogP contribution in [0.3, 0.4) is 0 Å². The first kappa shape index (κ1) is 18.2. The number of ether oxygens (including phenoxy) is 1. The number of hydrogen-bond acceptors (Lipinski definition) is 4. The molecule has 6 nitrogen and oxygen atoms in total. The SMILES string of the molecule is CCCCCCCCOc1cc(Cl)c(C(=O)O)cc1[N+](=O)[O-]. The van der Waals surface area contributed by atoms with Crippen LogP contribution in [0.15, 0.2) is 12.1 Å². The van der Waals surface area contributed by atoms with Gasteiger partial charge >= 0.3 is 11.7 Å². The highest BCUT2D eigenvalue weighted by Crippen LogP contribution is 2.33. The highest BCUT2D eigenvalue weighted by molar-refractivity contribution is 6.33. The minimum absolute atomic E-state index is 0.00792. The maximum atomic E-state index is 11.0. The van der Waals surface area contributed by atoms with Gasteiger partial charge in [0.2, 0.25) is 0 Å². The molecular weight excluding hydrogens is 310 g/mol. The van der Waals surface area contributed by atoms with Crippen molar-refractivity contribution in [3.05, 3.63) is 32.8 Å². The number of halogens is 1. The summed E-state index contributed by atoms with van der Waals surface area (Å²) in [4.78, 5) is 21.3. The number of nitro benzene ring substituents is 1. The molecule has 122 valence electrons. The normalized spacial score (nSPS) is 10.5. The van der Waals surface area contributed by atoms with Gasteiger partial charge < -0.3 is 9.84 Å². The smallest absolute Gasteiger partial charge is 0.337 e. The Kier molecular flexibility index (Phi) is 7.66. The fourth-order valence-corrected chi connectivity index (χ4v) is 2.26. The standard InChI is InChI=1S/C15H20ClNO5/c1-2-3-4-5-6-7-8-22-14-10-12(16)11(15(18)19)9-13(14)17(20)21/h9-10H,2-8H2,1H3,(H,18,19). The molecule has 1 N–H and O–H groups in total. The maximum Gasteiger partial charge on any atom is 0.337 e. The summed E-state index contributed by atoms with van der Waals surface area (Å²) in [5.41, 5.74) is -0.687. The molecule has 0 fully saturated rings. The molecule has 0 aliphatic rings. The van der Waals surface area contributed by atoms with Crippen LogP contribution in [0.5, 0.6) is 5.75 Å². The van der Waals surface area contributed by atoms with Crippen molar-refractivity contribution in [1.82, 2.24) is 0 Å². The average molecular weight is 330 g/mol. The fraction of sp³-hybridized carbons (Fsp3) is 0.533. The number of benzene rings is 1. The van der Waals surface area contributed by atoms with Gasteiger partial charge in [-0.15, -0.1) is 0 Å². The van der Waals surface area contributed by atoms with E-state index < -0.39 is 10.9 Å². The van der Waals surface area contributed by atoms with E-state index in [2.05, 4.69) is 6.92 Å². The van der Waals surface area contributed by atoms with E-state index in [1.54, 1.807) is 0 Å². The molecule has 22 heavy (non-hydrogen) atoms. The molecule has 0 saturated carbocycles. The molecule has 0 heterocycles. The quantitative estimate of drug-likeness (QED) is 0.382. The Morgan fingerprint density at radius 2 is 1.91 bits per heavy atom. The third kappa shape index (κ3) is 5.52. The number of hydrogen-bond donors (Lipinski definition) is 1. The number of nitrogens with zero attached hydrogens (tertiary/aromatic N) is 1. The first-order chi connectivity index (χ1) is 10.5. The monoisotopic (exact) mass is 329 g/mol. The van der Waals surface area contributed by atoms with Crippen LogP contribution < -0.4 is 4.74 Å². The summed E-state index contributed by atoms with van der Waals surface area (Å²) in [6.45, 7) is 2.49. The summed E-state index contributed by atoms with van der Waals surface area (Å²) in [5.74, 6) is -1.30. The Bertz CT molecular complexity index is 533. The highest BCUT2D eigenvalue weighted by atomic mass is 35.5. The molecule has 0 unspecified atom stereocenters. The number of carboxylic acids is 1. The average Bonchev–Trinajstić information content (AvgIpc) is 2.45. The highest BCUT2D eigenvalue weighted by Gasteiger charge is 2.21. The van der Waals surface area contributed by atoms with E-state index in [4.69, 9.17) is 21.4 Å². The fourth-order valence-electron chi connectivity index (χ4n) is 2.03. The number of carbonyl (C=O) groups is 1. The lowest BCUT2D eigenvalue weighted by molar-refractivity contribution is -0.385. The van der Waals surface area contributed by atoms with E-state index in [-0.39, 0.29) is 22.0 Å². The van der Waals surface area contributed by atoms with Crippen molar-refractivity contribution in [2.75, 3.05) is 6.61 Å². The van der Waals surface area contributed by atoms with Crippen LogP contribution in [0, 0.1) is 10.1 Å². The van der Waals surface area contributed by atoms with Crippen molar-refractivity contribution in [2.24, 2.45) is 0 Å². The van der Waals surface area contributed by atoms with Gasteiger partial charge in [0.1, 0.15) is 0 Å². The zero-order valence-corrected chi connectivity index (χ0v) is 13.3. The van der Waals surface area contributed by atoms with Crippen molar-refractivity contribution in [2.45, 2.75) is 45.4 Å². The second-order valence-electron chi connectivity index (χ2n) is 4.98. The van der Waals surface area contributed by atoms with Crippen molar-refractivity contribution in [3.63, 3.8) is 0 Å². The second-order valence-corrected chi connectivity index (χ2v) is 5.39. The van der Waals surface area contributed by atoms with E-state index >= 15 is 0 Å². The van der Waals surface area contributed by atoms with Gasteiger partial charge in [0, 0.05) is 12.1 Å². The number of rotatable bonds is 10. The number of aromatic carboxylic acids is 1. The van der Waals surface area contributed by atoms with E-state index in [9.17, 15) is 14.9 Å². The summed E-state index contributed by atoms with van der Waals surface area (Å²) < 4.78 is 5.40. The molecular formula is C15H20ClNO5. The minimum Gasteiger partial charge on any atom is -0.487 e. The molecule has 0 spiro atoms. The van der Waals surface area contributed by atoms with Crippen molar-refractivity contribution < 1.29 is 19.6 Å². The molecule has 0 radical (unpaired) electrons. The van der Waals surface area contributed by atoms with E-state index in [1.165, 1.54) is 25.3 Å². The zero-order valence-electron chi connectivity index (χ0n) is 12.5. The lowest BCUT2D eigenvalue weighted by atomic mass is 10.1. The predicted octanol–water partition coefficient (Wildman–Crippen LogP) is 4.69. The topological polar surface area (TPSA) is 89.7 Å². The lowest BCUT2D eigenvalue weighted by Crippen LogP contribution is -2.04. The molecule has 7 heteroatoms. The Morgan fingerprint density at radius 1 is 1.27 bits per heavy atom. The summed E-state index contributed by atoms with van der Waals surface area (Å²) in [6.07, 6.45) is 6.46. The molecule has 0 aliphatic heterocycles. The van der Waals surface area contributed by atoms with Crippen molar-refractivity contribution in [3.8, 4) is 5.75 Å². The summed E-state index contributed by atoms with van der Waals surface area (Å²) in [7, 11) is 0. The van der Waals surface area contributed by atoms with Crippen molar-refractivity contribution in [1.29, 1.82) is 0 Å². The number of nitro groups is 1. The molecule has 0 bridgehead atoms. The van der Waals surface area contributed by atoms with Gasteiger partial charge in [-0.05, 0) is 6.42 Å². The zero-order chi connectivity index (χ0) is 16.5. The van der Waals surface area contributed by atoms with Crippen LogP contribution in [0.25, 0.3) is 0 Å². The van der Waals surface area contributed by atoms with Gasteiger partial charge in [0.15, 0.2) is 5.75 Å². The third-order valence-electron chi connectivity index (χ3n) is 3.23. The Labute approximate surface area is 134 Å². The minimum atomic E-state index is -1.31. The molecule has 0 saturated heterocycles. The predicted molar refractivity (Wildman–Crippen MR) is 83.9 cm³/mol. The van der Waals surface area contributed by atoms with E-state index in [0.29, 0.717) is 6.61 Å². The van der Waals surface area contributed by atoms with Crippen LogP contribution in [0.1, 0.15) is 55.8 Å². The molecule has 0 aromatic heterocycles. The van der Waals surface area contributed by atoms with E-state index in [0.717, 1.165) is 25.3 Å². The van der Waals surface area contributed by atoms with Gasteiger partial charge in [-0.1, -0.05) is 50.6 Å². The van der Waals surface area contributed by atoms with Crippen LogP contribution in [-0.2, 0) is 0 Å². The Hall–Kier alpha value is -1.82. The van der Waals surface area contributed by atoms with Crippen LogP contribution in [0.4, 0.5) is 5.69 Å². The third-order valence-corrected chi connectivity index (χ3v) is 3.54. The number of carboxylic acid groups (broad SMARTS) is 1. The lowest BCUT2D eigenvalue weighted by Gasteiger charge is -2.08.